The summed E-state index contributed by atoms with van der Waals surface area (Å²) in [5.74, 6) is 0.624. The van der Waals surface area contributed by atoms with Gasteiger partial charge in [0.1, 0.15) is 0 Å². The van der Waals surface area contributed by atoms with Crippen molar-refractivity contribution >= 4 is 17.5 Å². The van der Waals surface area contributed by atoms with Crippen molar-refractivity contribution in [1.82, 2.24) is 10.6 Å². The number of amides is 2. The van der Waals surface area contributed by atoms with E-state index < -0.39 is 0 Å². The van der Waals surface area contributed by atoms with Gasteiger partial charge in [-0.15, -0.1) is 0 Å². The molecule has 2 N–H and O–H groups in total. The van der Waals surface area contributed by atoms with Gasteiger partial charge in [-0.3, -0.25) is 9.59 Å². The van der Waals surface area contributed by atoms with Crippen LogP contribution in [0.4, 0.5) is 5.69 Å². The maximum absolute atomic E-state index is 13.4. The van der Waals surface area contributed by atoms with Crippen molar-refractivity contribution in [3.63, 3.8) is 0 Å². The van der Waals surface area contributed by atoms with Gasteiger partial charge >= 0.3 is 0 Å². The Labute approximate surface area is 168 Å². The topological polar surface area (TPSA) is 61.4 Å². The van der Waals surface area contributed by atoms with Crippen molar-refractivity contribution in [3.8, 4) is 0 Å². The summed E-state index contributed by atoms with van der Waals surface area (Å²) < 4.78 is 0. The molecule has 0 radical (unpaired) electrons. The molecule has 1 saturated carbocycles. The van der Waals surface area contributed by atoms with Gasteiger partial charge in [0.05, 0.1) is 16.8 Å². The standard InChI is InChI=1S/C23H33N3O2/c1-17-13-14-23(16-24-17,18-8-3-2-4-9-18)25-22(28)19-10-5-6-11-20(19)26-15-7-12-21(26)27/h5-6,10-11,17-18,24H,2-4,7-9,12-16H2,1H3,(H,25,28). The van der Waals surface area contributed by atoms with E-state index >= 15 is 0 Å². The molecule has 3 fully saturated rings. The van der Waals surface area contributed by atoms with Crippen molar-refractivity contribution in [3.05, 3.63) is 29.8 Å². The first-order valence-corrected chi connectivity index (χ1v) is 11.0. The Morgan fingerprint density at radius 2 is 1.93 bits per heavy atom. The summed E-state index contributed by atoms with van der Waals surface area (Å²) in [6, 6.07) is 8.09. The number of hydrogen-bond donors (Lipinski definition) is 2. The number of hydrogen-bond acceptors (Lipinski definition) is 3. The highest BCUT2D eigenvalue weighted by atomic mass is 16.2. The highest BCUT2D eigenvalue weighted by molar-refractivity contribution is 6.05. The quantitative estimate of drug-likeness (QED) is 0.835. The lowest BCUT2D eigenvalue weighted by atomic mass is 9.70. The van der Waals surface area contributed by atoms with Crippen LogP contribution in [0.5, 0.6) is 0 Å². The number of anilines is 1. The third-order valence-corrected chi connectivity index (χ3v) is 7.05. The van der Waals surface area contributed by atoms with Crippen molar-refractivity contribution < 1.29 is 9.59 Å². The van der Waals surface area contributed by atoms with E-state index in [0.29, 0.717) is 30.5 Å². The van der Waals surface area contributed by atoms with Crippen LogP contribution in [-0.2, 0) is 4.79 Å². The molecule has 2 aliphatic heterocycles. The number of para-hydroxylation sites is 1. The van der Waals surface area contributed by atoms with Crippen molar-refractivity contribution in [2.24, 2.45) is 5.92 Å². The minimum Gasteiger partial charge on any atom is -0.345 e. The van der Waals surface area contributed by atoms with E-state index in [4.69, 9.17) is 0 Å². The van der Waals surface area contributed by atoms with Gasteiger partial charge in [0, 0.05) is 25.6 Å². The molecule has 1 aromatic carbocycles. The van der Waals surface area contributed by atoms with Gasteiger partial charge in [-0.05, 0) is 57.1 Å². The van der Waals surface area contributed by atoms with Crippen LogP contribution in [0.2, 0.25) is 0 Å². The summed E-state index contributed by atoms with van der Waals surface area (Å²) in [6.07, 6.45) is 9.78. The highest BCUT2D eigenvalue weighted by Gasteiger charge is 2.43. The molecule has 5 heteroatoms. The SMILES string of the molecule is CC1CCC(NC(=O)c2ccccc2N2CCCC2=O)(C2CCCCC2)CN1. The van der Waals surface area contributed by atoms with Gasteiger partial charge in [0.15, 0.2) is 0 Å². The van der Waals surface area contributed by atoms with Crippen LogP contribution in [0.1, 0.15) is 75.1 Å². The van der Waals surface area contributed by atoms with E-state index in [2.05, 4.69) is 17.6 Å². The minimum atomic E-state index is -0.174. The maximum Gasteiger partial charge on any atom is 0.253 e. The first-order chi connectivity index (χ1) is 13.6. The van der Waals surface area contributed by atoms with Gasteiger partial charge < -0.3 is 15.5 Å². The summed E-state index contributed by atoms with van der Waals surface area (Å²) in [5.41, 5.74) is 1.22. The second-order valence-corrected chi connectivity index (χ2v) is 8.93. The fourth-order valence-electron chi connectivity index (χ4n) is 5.33. The lowest BCUT2D eigenvalue weighted by molar-refractivity contribution is -0.117. The van der Waals surface area contributed by atoms with Crippen LogP contribution in [0.15, 0.2) is 24.3 Å². The molecular formula is C23H33N3O2. The van der Waals surface area contributed by atoms with E-state index in [1.54, 1.807) is 4.90 Å². The molecule has 1 aliphatic carbocycles. The van der Waals surface area contributed by atoms with E-state index in [9.17, 15) is 9.59 Å². The second-order valence-electron chi connectivity index (χ2n) is 8.93. The number of piperidine rings is 1. The van der Waals surface area contributed by atoms with Gasteiger partial charge in [0.2, 0.25) is 5.91 Å². The van der Waals surface area contributed by atoms with Crippen molar-refractivity contribution in [2.45, 2.75) is 76.3 Å². The molecule has 0 spiro atoms. The molecule has 2 heterocycles. The fourth-order valence-corrected chi connectivity index (χ4v) is 5.33. The van der Waals surface area contributed by atoms with Crippen LogP contribution >= 0.6 is 0 Å². The lowest BCUT2D eigenvalue weighted by Gasteiger charge is -2.47. The highest BCUT2D eigenvalue weighted by Crippen LogP contribution is 2.38. The third-order valence-electron chi connectivity index (χ3n) is 7.05. The molecule has 1 aromatic rings. The fraction of sp³-hybridized carbons (Fsp3) is 0.652. The van der Waals surface area contributed by atoms with E-state index in [1.807, 2.05) is 24.3 Å². The van der Waals surface area contributed by atoms with Crippen LogP contribution < -0.4 is 15.5 Å². The molecule has 28 heavy (non-hydrogen) atoms. The molecule has 2 amide bonds. The Morgan fingerprint density at radius 1 is 1.14 bits per heavy atom. The normalized spacial score (nSPS) is 29.1. The number of nitrogens with one attached hydrogen (secondary N) is 2. The summed E-state index contributed by atoms with van der Waals surface area (Å²) in [5, 5.41) is 7.10. The average Bonchev–Trinajstić information content (AvgIpc) is 3.16. The summed E-state index contributed by atoms with van der Waals surface area (Å²) >= 11 is 0. The van der Waals surface area contributed by atoms with E-state index in [-0.39, 0.29) is 17.4 Å². The predicted octanol–water partition coefficient (Wildman–Crippen LogP) is 3.63. The minimum absolute atomic E-state index is 0.0303. The van der Waals surface area contributed by atoms with Gasteiger partial charge in [-0.1, -0.05) is 31.4 Å². The third kappa shape index (κ3) is 3.82. The molecule has 2 saturated heterocycles. The monoisotopic (exact) mass is 383 g/mol. The number of carbonyl (C=O) groups is 2. The maximum atomic E-state index is 13.4. The Balaban J connectivity index is 1.59. The zero-order valence-electron chi connectivity index (χ0n) is 17.0. The number of rotatable bonds is 4. The number of nitrogens with zero attached hydrogens (tertiary/aromatic N) is 1. The predicted molar refractivity (Wildman–Crippen MR) is 111 cm³/mol. The van der Waals surface area contributed by atoms with Gasteiger partial charge in [0.25, 0.3) is 5.91 Å². The van der Waals surface area contributed by atoms with Crippen LogP contribution in [0, 0.1) is 5.92 Å². The lowest BCUT2D eigenvalue weighted by Crippen LogP contribution is -2.63. The molecule has 2 atom stereocenters. The number of carbonyl (C=O) groups excluding carboxylic acids is 2. The Kier molecular flexibility index (Phi) is 5.72. The summed E-state index contributed by atoms with van der Waals surface area (Å²) in [6.45, 7) is 3.77. The first kappa shape index (κ1) is 19.4. The van der Waals surface area contributed by atoms with Gasteiger partial charge in [-0.2, -0.15) is 0 Å². The molecular weight excluding hydrogens is 350 g/mol. The molecule has 0 aromatic heterocycles. The van der Waals surface area contributed by atoms with Crippen LogP contribution in [-0.4, -0.2) is 36.5 Å². The smallest absolute Gasteiger partial charge is 0.253 e. The average molecular weight is 384 g/mol. The van der Waals surface area contributed by atoms with Crippen LogP contribution in [0.3, 0.4) is 0 Å². The van der Waals surface area contributed by atoms with Crippen molar-refractivity contribution in [1.29, 1.82) is 0 Å². The summed E-state index contributed by atoms with van der Waals surface area (Å²) in [7, 11) is 0. The zero-order valence-corrected chi connectivity index (χ0v) is 17.0. The largest absolute Gasteiger partial charge is 0.345 e. The molecule has 5 nitrogen and oxygen atoms in total. The molecule has 2 unspecified atom stereocenters. The van der Waals surface area contributed by atoms with Crippen molar-refractivity contribution in [2.75, 3.05) is 18.0 Å². The van der Waals surface area contributed by atoms with E-state index in [1.165, 1.54) is 32.1 Å². The molecule has 4 rings (SSSR count). The Hall–Kier alpha value is -1.88. The summed E-state index contributed by atoms with van der Waals surface area (Å²) in [4.78, 5) is 27.5. The molecule has 3 aliphatic rings. The second kappa shape index (κ2) is 8.24. The van der Waals surface area contributed by atoms with Gasteiger partial charge in [-0.25, -0.2) is 0 Å². The number of benzene rings is 1. The zero-order chi connectivity index (χ0) is 19.6. The molecule has 152 valence electrons. The van der Waals surface area contributed by atoms with Crippen LogP contribution in [0.25, 0.3) is 0 Å². The first-order valence-electron chi connectivity index (χ1n) is 11.0. The Bertz CT molecular complexity index is 718. The Morgan fingerprint density at radius 3 is 2.61 bits per heavy atom. The molecule has 0 bridgehead atoms. The van der Waals surface area contributed by atoms with E-state index in [0.717, 1.165) is 31.5 Å².